The van der Waals surface area contributed by atoms with Crippen LogP contribution in [0.3, 0.4) is 0 Å². The lowest BCUT2D eigenvalue weighted by atomic mass is 9.74. The van der Waals surface area contributed by atoms with Crippen molar-refractivity contribution in [2.24, 2.45) is 23.6 Å². The van der Waals surface area contributed by atoms with Crippen molar-refractivity contribution < 1.29 is 0 Å². The highest BCUT2D eigenvalue weighted by molar-refractivity contribution is 4.86. The van der Waals surface area contributed by atoms with Gasteiger partial charge in [0.25, 0.3) is 0 Å². The van der Waals surface area contributed by atoms with Crippen LogP contribution in [0.5, 0.6) is 0 Å². The Bertz CT molecular complexity index is 181. The predicted octanol–water partition coefficient (Wildman–Crippen LogP) is 2.86. The third-order valence-electron chi connectivity index (χ3n) is 3.96. The van der Waals surface area contributed by atoms with Gasteiger partial charge in [0.15, 0.2) is 0 Å². The van der Waals surface area contributed by atoms with Crippen molar-refractivity contribution in [2.75, 3.05) is 0 Å². The Morgan fingerprint density at radius 2 is 1.80 bits per heavy atom. The first-order valence-corrected chi connectivity index (χ1v) is 6.26. The van der Waals surface area contributed by atoms with E-state index in [1.165, 1.54) is 25.7 Å². The molecule has 88 valence electrons. The van der Waals surface area contributed by atoms with E-state index in [0.29, 0.717) is 6.04 Å². The quantitative estimate of drug-likeness (QED) is 0.416. The van der Waals surface area contributed by atoms with Crippen LogP contribution in [-0.4, -0.2) is 6.04 Å². The van der Waals surface area contributed by atoms with Gasteiger partial charge in [-0.2, -0.15) is 0 Å². The van der Waals surface area contributed by atoms with Crippen molar-refractivity contribution in [3.8, 4) is 0 Å². The molecule has 1 unspecified atom stereocenters. The van der Waals surface area contributed by atoms with E-state index >= 15 is 0 Å². The smallest absolute Gasteiger partial charge is 0.0273 e. The fraction of sp³-hybridized carbons (Fsp3) is 0.846. The van der Waals surface area contributed by atoms with Crippen LogP contribution in [0.15, 0.2) is 12.7 Å². The van der Waals surface area contributed by atoms with Gasteiger partial charge in [0.1, 0.15) is 0 Å². The molecule has 0 aromatic rings. The van der Waals surface area contributed by atoms with Crippen molar-refractivity contribution >= 4 is 0 Å². The van der Waals surface area contributed by atoms with Crippen molar-refractivity contribution in [3.63, 3.8) is 0 Å². The summed E-state index contributed by atoms with van der Waals surface area (Å²) < 4.78 is 0. The van der Waals surface area contributed by atoms with Crippen LogP contribution in [-0.2, 0) is 0 Å². The lowest BCUT2D eigenvalue weighted by Crippen LogP contribution is -2.42. The lowest BCUT2D eigenvalue weighted by molar-refractivity contribution is 0.189. The van der Waals surface area contributed by atoms with E-state index in [-0.39, 0.29) is 0 Å². The van der Waals surface area contributed by atoms with Gasteiger partial charge in [-0.15, -0.1) is 6.58 Å². The molecule has 2 nitrogen and oxygen atoms in total. The molecule has 1 aliphatic carbocycles. The van der Waals surface area contributed by atoms with Gasteiger partial charge >= 0.3 is 0 Å². The largest absolute Gasteiger partial charge is 0.271 e. The summed E-state index contributed by atoms with van der Waals surface area (Å²) in [4.78, 5) is 0. The summed E-state index contributed by atoms with van der Waals surface area (Å²) in [6.45, 7) is 8.47. The first-order valence-electron chi connectivity index (χ1n) is 6.26. The highest BCUT2D eigenvalue weighted by Gasteiger charge is 2.27. The monoisotopic (exact) mass is 210 g/mol. The van der Waals surface area contributed by atoms with Crippen LogP contribution in [0.4, 0.5) is 0 Å². The molecule has 2 heteroatoms. The van der Waals surface area contributed by atoms with Crippen LogP contribution in [0.25, 0.3) is 0 Å². The van der Waals surface area contributed by atoms with Crippen molar-refractivity contribution in [1.82, 2.24) is 5.43 Å². The summed E-state index contributed by atoms with van der Waals surface area (Å²) in [5, 5.41) is 0. The Hall–Kier alpha value is -0.340. The van der Waals surface area contributed by atoms with E-state index in [0.717, 1.165) is 24.2 Å². The van der Waals surface area contributed by atoms with Gasteiger partial charge in [0.05, 0.1) is 0 Å². The molecule has 0 spiro atoms. The van der Waals surface area contributed by atoms with Gasteiger partial charge in [-0.3, -0.25) is 11.3 Å². The third kappa shape index (κ3) is 3.62. The molecule has 1 saturated carbocycles. The molecular formula is C13H26N2. The molecule has 0 amide bonds. The first kappa shape index (κ1) is 12.7. The van der Waals surface area contributed by atoms with Gasteiger partial charge < -0.3 is 0 Å². The van der Waals surface area contributed by atoms with Crippen LogP contribution < -0.4 is 11.3 Å². The molecule has 0 aromatic carbocycles. The number of nitrogens with one attached hydrogen (secondary N) is 1. The summed E-state index contributed by atoms with van der Waals surface area (Å²) in [7, 11) is 0. The molecule has 0 aromatic heterocycles. The zero-order valence-electron chi connectivity index (χ0n) is 10.2. The van der Waals surface area contributed by atoms with Gasteiger partial charge in [0, 0.05) is 6.04 Å². The molecule has 0 saturated heterocycles. The van der Waals surface area contributed by atoms with Crippen LogP contribution in [0.2, 0.25) is 0 Å². The Labute approximate surface area is 94.3 Å². The Morgan fingerprint density at radius 1 is 1.27 bits per heavy atom. The lowest BCUT2D eigenvalue weighted by Gasteiger charge is -2.34. The Morgan fingerprint density at radius 3 is 2.20 bits per heavy atom. The van der Waals surface area contributed by atoms with E-state index in [4.69, 9.17) is 5.84 Å². The molecular weight excluding hydrogens is 184 g/mol. The average Bonchev–Trinajstić information content (AvgIpc) is 2.26. The molecule has 0 bridgehead atoms. The van der Waals surface area contributed by atoms with Crippen molar-refractivity contribution in [3.05, 3.63) is 12.7 Å². The number of hydrogen-bond acceptors (Lipinski definition) is 2. The highest BCUT2D eigenvalue weighted by Crippen LogP contribution is 2.35. The van der Waals surface area contributed by atoms with Crippen LogP contribution in [0, 0.1) is 17.8 Å². The van der Waals surface area contributed by atoms with E-state index in [1.54, 1.807) is 0 Å². The zero-order chi connectivity index (χ0) is 11.3. The molecule has 1 fully saturated rings. The maximum Gasteiger partial charge on any atom is 0.0273 e. The minimum Gasteiger partial charge on any atom is -0.271 e. The van der Waals surface area contributed by atoms with E-state index < -0.39 is 0 Å². The maximum atomic E-state index is 5.59. The van der Waals surface area contributed by atoms with Crippen molar-refractivity contribution in [2.45, 2.75) is 52.0 Å². The van der Waals surface area contributed by atoms with E-state index in [9.17, 15) is 0 Å². The van der Waals surface area contributed by atoms with Crippen LogP contribution >= 0.6 is 0 Å². The molecule has 1 atom stereocenters. The van der Waals surface area contributed by atoms with Crippen LogP contribution in [0.1, 0.15) is 46.0 Å². The zero-order valence-corrected chi connectivity index (χ0v) is 10.2. The molecule has 0 heterocycles. The summed E-state index contributed by atoms with van der Waals surface area (Å²) in [6, 6.07) is 0.440. The fourth-order valence-electron chi connectivity index (χ4n) is 2.79. The standard InChI is InChI=1S/C13H26N2/c1-4-5-13(15-14)12-8-6-11(7-9-12)10(2)3/h4,10-13,15H,1,5-9,14H2,2-3H3. The number of hydrazine groups is 1. The third-order valence-corrected chi connectivity index (χ3v) is 3.96. The number of rotatable bonds is 5. The summed E-state index contributed by atoms with van der Waals surface area (Å²) >= 11 is 0. The molecule has 1 rings (SSSR count). The molecule has 0 aliphatic heterocycles. The SMILES string of the molecule is C=CCC(NN)C1CCC(C(C)C)CC1. The second-order valence-electron chi connectivity index (χ2n) is 5.22. The first-order chi connectivity index (χ1) is 7.19. The predicted molar refractivity (Wildman–Crippen MR) is 66.2 cm³/mol. The topological polar surface area (TPSA) is 38.0 Å². The highest BCUT2D eigenvalue weighted by atomic mass is 15.2. The fourth-order valence-corrected chi connectivity index (χ4v) is 2.79. The number of hydrogen-bond donors (Lipinski definition) is 2. The van der Waals surface area contributed by atoms with E-state index in [1.807, 2.05) is 6.08 Å². The molecule has 15 heavy (non-hydrogen) atoms. The maximum absolute atomic E-state index is 5.59. The van der Waals surface area contributed by atoms with Gasteiger partial charge in [-0.05, 0) is 49.9 Å². The summed E-state index contributed by atoms with van der Waals surface area (Å²) in [6.07, 6.45) is 8.36. The summed E-state index contributed by atoms with van der Waals surface area (Å²) in [5.74, 6) is 8.12. The minimum atomic E-state index is 0.440. The second kappa shape index (κ2) is 6.29. The molecule has 0 radical (unpaired) electrons. The molecule has 1 aliphatic rings. The van der Waals surface area contributed by atoms with Gasteiger partial charge in [-0.25, -0.2) is 0 Å². The molecule has 3 N–H and O–H groups in total. The Kier molecular flexibility index (Phi) is 5.34. The summed E-state index contributed by atoms with van der Waals surface area (Å²) in [5.41, 5.74) is 2.95. The second-order valence-corrected chi connectivity index (χ2v) is 5.22. The Balaban J connectivity index is 2.38. The number of nitrogens with two attached hydrogens (primary N) is 1. The normalized spacial score (nSPS) is 29.1. The van der Waals surface area contributed by atoms with Gasteiger partial charge in [0.2, 0.25) is 0 Å². The minimum absolute atomic E-state index is 0.440. The average molecular weight is 210 g/mol. The van der Waals surface area contributed by atoms with Gasteiger partial charge in [-0.1, -0.05) is 19.9 Å². The van der Waals surface area contributed by atoms with E-state index in [2.05, 4.69) is 25.9 Å². The van der Waals surface area contributed by atoms with Crippen molar-refractivity contribution in [1.29, 1.82) is 0 Å².